The maximum absolute atomic E-state index is 12.3. The number of aryl methyl sites for hydroxylation is 1. The maximum Gasteiger partial charge on any atom is 0.274 e. The first kappa shape index (κ1) is 10.9. The molecule has 1 aromatic heterocycles. The van der Waals surface area contributed by atoms with Crippen molar-refractivity contribution in [2.75, 3.05) is 0 Å². The van der Waals surface area contributed by atoms with Crippen LogP contribution in [0.25, 0.3) is 0 Å². The van der Waals surface area contributed by atoms with Crippen molar-refractivity contribution < 1.29 is 4.79 Å². The van der Waals surface area contributed by atoms with Gasteiger partial charge in [-0.2, -0.15) is 0 Å². The smallest absolute Gasteiger partial charge is 0.274 e. The van der Waals surface area contributed by atoms with Gasteiger partial charge in [-0.1, -0.05) is 24.3 Å². The van der Waals surface area contributed by atoms with E-state index in [1.54, 1.807) is 17.3 Å². The second-order valence-electron chi connectivity index (χ2n) is 4.47. The number of hydrogen-bond acceptors (Lipinski definition) is 3. The topological polar surface area (TPSA) is 46.1 Å². The van der Waals surface area contributed by atoms with Crippen molar-refractivity contribution in [1.82, 2.24) is 14.9 Å². The second-order valence-corrected chi connectivity index (χ2v) is 4.47. The number of carbonyl (C=O) groups excluding carboxylic acids is 1. The summed E-state index contributed by atoms with van der Waals surface area (Å²) in [6.07, 6.45) is 3.16. The Balaban J connectivity index is 1.82. The van der Waals surface area contributed by atoms with Crippen molar-refractivity contribution in [2.24, 2.45) is 0 Å². The molecule has 2 heterocycles. The van der Waals surface area contributed by atoms with Gasteiger partial charge in [0.1, 0.15) is 5.69 Å². The number of fused-ring (bicyclic) bond motifs is 1. The van der Waals surface area contributed by atoms with E-state index in [2.05, 4.69) is 22.1 Å². The van der Waals surface area contributed by atoms with Gasteiger partial charge < -0.3 is 4.90 Å². The Morgan fingerprint density at radius 3 is 2.33 bits per heavy atom. The minimum atomic E-state index is -0.0568. The van der Waals surface area contributed by atoms with Crippen LogP contribution in [0.4, 0.5) is 0 Å². The summed E-state index contributed by atoms with van der Waals surface area (Å²) < 4.78 is 0. The summed E-state index contributed by atoms with van der Waals surface area (Å²) in [5, 5.41) is 0. The van der Waals surface area contributed by atoms with Crippen LogP contribution in [0.2, 0.25) is 0 Å². The average molecular weight is 239 g/mol. The van der Waals surface area contributed by atoms with Gasteiger partial charge in [-0.15, -0.1) is 0 Å². The van der Waals surface area contributed by atoms with Gasteiger partial charge in [0.25, 0.3) is 5.91 Å². The average Bonchev–Trinajstić information content (AvgIpc) is 2.82. The summed E-state index contributed by atoms with van der Waals surface area (Å²) in [4.78, 5) is 22.3. The van der Waals surface area contributed by atoms with E-state index in [1.807, 2.05) is 19.1 Å². The predicted octanol–water partition coefficient (Wildman–Crippen LogP) is 1.94. The zero-order chi connectivity index (χ0) is 12.5. The lowest BCUT2D eigenvalue weighted by atomic mass is 10.1. The number of nitrogens with zero attached hydrogens (tertiary/aromatic N) is 3. The molecule has 0 N–H and O–H groups in total. The van der Waals surface area contributed by atoms with Crippen LogP contribution >= 0.6 is 0 Å². The van der Waals surface area contributed by atoms with Crippen LogP contribution in [-0.2, 0) is 13.1 Å². The summed E-state index contributed by atoms with van der Waals surface area (Å²) >= 11 is 0. The van der Waals surface area contributed by atoms with Gasteiger partial charge in [0, 0.05) is 19.3 Å². The fraction of sp³-hybridized carbons (Fsp3) is 0.214. The molecule has 0 spiro atoms. The zero-order valence-electron chi connectivity index (χ0n) is 10.1. The molecule has 0 unspecified atom stereocenters. The van der Waals surface area contributed by atoms with Gasteiger partial charge >= 0.3 is 0 Å². The van der Waals surface area contributed by atoms with Gasteiger partial charge in [-0.3, -0.25) is 9.78 Å². The molecule has 18 heavy (non-hydrogen) atoms. The van der Waals surface area contributed by atoms with E-state index in [0.717, 1.165) is 5.69 Å². The summed E-state index contributed by atoms with van der Waals surface area (Å²) in [7, 11) is 0. The maximum atomic E-state index is 12.3. The summed E-state index contributed by atoms with van der Waals surface area (Å²) in [5.74, 6) is -0.0568. The normalized spacial score (nSPS) is 13.5. The Bertz CT molecular complexity index is 567. The minimum Gasteiger partial charge on any atom is -0.329 e. The van der Waals surface area contributed by atoms with E-state index < -0.39 is 0 Å². The molecule has 0 bridgehead atoms. The lowest BCUT2D eigenvalue weighted by Crippen LogP contribution is -2.26. The molecule has 4 heteroatoms. The van der Waals surface area contributed by atoms with Crippen molar-refractivity contribution in [3.05, 3.63) is 59.2 Å². The predicted molar refractivity (Wildman–Crippen MR) is 66.8 cm³/mol. The largest absolute Gasteiger partial charge is 0.329 e. The summed E-state index contributed by atoms with van der Waals surface area (Å²) in [5.41, 5.74) is 3.65. The Morgan fingerprint density at radius 2 is 1.78 bits per heavy atom. The molecular formula is C14H13N3O. The Kier molecular flexibility index (Phi) is 2.55. The standard InChI is InChI=1S/C14H13N3O/c1-10-6-16-13(7-15-10)14(18)17-8-11-4-2-3-5-12(11)9-17/h2-7H,8-9H2,1H3. The number of benzene rings is 1. The van der Waals surface area contributed by atoms with Crippen LogP contribution < -0.4 is 0 Å². The van der Waals surface area contributed by atoms with Crippen molar-refractivity contribution in [3.63, 3.8) is 0 Å². The molecule has 1 aromatic carbocycles. The van der Waals surface area contributed by atoms with E-state index >= 15 is 0 Å². The molecule has 0 saturated carbocycles. The van der Waals surface area contributed by atoms with Gasteiger partial charge in [0.2, 0.25) is 0 Å². The first-order chi connectivity index (χ1) is 8.74. The first-order valence-electron chi connectivity index (χ1n) is 5.89. The third-order valence-electron chi connectivity index (χ3n) is 3.13. The lowest BCUT2D eigenvalue weighted by molar-refractivity contribution is 0.0745. The highest BCUT2D eigenvalue weighted by molar-refractivity contribution is 5.92. The highest BCUT2D eigenvalue weighted by Crippen LogP contribution is 2.23. The minimum absolute atomic E-state index is 0.0568. The van der Waals surface area contributed by atoms with E-state index in [9.17, 15) is 4.79 Å². The molecule has 2 aromatic rings. The quantitative estimate of drug-likeness (QED) is 0.764. The monoisotopic (exact) mass is 239 g/mol. The summed E-state index contributed by atoms with van der Waals surface area (Å²) in [6, 6.07) is 8.11. The van der Waals surface area contributed by atoms with Crippen molar-refractivity contribution in [1.29, 1.82) is 0 Å². The SMILES string of the molecule is Cc1cnc(C(=O)N2Cc3ccccc3C2)cn1. The second kappa shape index (κ2) is 4.22. The molecule has 0 fully saturated rings. The van der Waals surface area contributed by atoms with Gasteiger partial charge in [-0.25, -0.2) is 4.98 Å². The molecule has 0 atom stereocenters. The molecule has 0 radical (unpaired) electrons. The van der Waals surface area contributed by atoms with Crippen molar-refractivity contribution in [2.45, 2.75) is 20.0 Å². The van der Waals surface area contributed by atoms with E-state index in [-0.39, 0.29) is 5.91 Å². The number of carbonyl (C=O) groups is 1. The van der Waals surface area contributed by atoms with E-state index in [0.29, 0.717) is 18.8 Å². The number of aromatic nitrogens is 2. The molecule has 90 valence electrons. The molecule has 4 nitrogen and oxygen atoms in total. The van der Waals surface area contributed by atoms with E-state index in [4.69, 9.17) is 0 Å². The van der Waals surface area contributed by atoms with Crippen LogP contribution in [0, 0.1) is 6.92 Å². The van der Waals surface area contributed by atoms with Crippen LogP contribution in [0.5, 0.6) is 0 Å². The number of rotatable bonds is 1. The zero-order valence-corrected chi connectivity index (χ0v) is 10.1. The third-order valence-corrected chi connectivity index (χ3v) is 3.13. The van der Waals surface area contributed by atoms with Crippen molar-refractivity contribution >= 4 is 5.91 Å². The Labute approximate surface area is 105 Å². The third kappa shape index (κ3) is 1.86. The van der Waals surface area contributed by atoms with Crippen molar-refractivity contribution in [3.8, 4) is 0 Å². The van der Waals surface area contributed by atoms with Crippen LogP contribution in [-0.4, -0.2) is 20.8 Å². The highest BCUT2D eigenvalue weighted by Gasteiger charge is 2.24. The molecule has 3 rings (SSSR count). The number of hydrogen-bond donors (Lipinski definition) is 0. The van der Waals surface area contributed by atoms with Gasteiger partial charge in [0.05, 0.1) is 11.9 Å². The summed E-state index contributed by atoms with van der Waals surface area (Å²) in [6.45, 7) is 3.17. The Hall–Kier alpha value is -2.23. The molecule has 0 aliphatic carbocycles. The molecular weight excluding hydrogens is 226 g/mol. The van der Waals surface area contributed by atoms with E-state index in [1.165, 1.54) is 11.1 Å². The lowest BCUT2D eigenvalue weighted by Gasteiger charge is -2.14. The fourth-order valence-electron chi connectivity index (χ4n) is 2.14. The van der Waals surface area contributed by atoms with Gasteiger partial charge in [-0.05, 0) is 18.1 Å². The fourth-order valence-corrected chi connectivity index (χ4v) is 2.14. The molecule has 1 amide bonds. The van der Waals surface area contributed by atoms with Crippen LogP contribution in [0.3, 0.4) is 0 Å². The van der Waals surface area contributed by atoms with Crippen LogP contribution in [0.1, 0.15) is 27.3 Å². The molecule has 0 saturated heterocycles. The Morgan fingerprint density at radius 1 is 1.11 bits per heavy atom. The van der Waals surface area contributed by atoms with Crippen LogP contribution in [0.15, 0.2) is 36.7 Å². The first-order valence-corrected chi connectivity index (χ1v) is 5.89. The number of amides is 1. The highest BCUT2D eigenvalue weighted by atomic mass is 16.2. The molecule has 1 aliphatic heterocycles. The van der Waals surface area contributed by atoms with Gasteiger partial charge in [0.15, 0.2) is 0 Å². The molecule has 1 aliphatic rings.